The third-order valence-electron chi connectivity index (χ3n) is 14.6. The van der Waals surface area contributed by atoms with E-state index in [4.69, 9.17) is 0 Å². The molecule has 0 spiro atoms. The summed E-state index contributed by atoms with van der Waals surface area (Å²) in [6.07, 6.45) is 0. The van der Waals surface area contributed by atoms with Gasteiger partial charge in [-0.25, -0.2) is 0 Å². The zero-order valence-corrected chi connectivity index (χ0v) is 36.7. The molecule has 0 fully saturated rings. The van der Waals surface area contributed by atoms with Gasteiger partial charge in [0, 0.05) is 49.5 Å². The van der Waals surface area contributed by atoms with Crippen LogP contribution in [0.25, 0.3) is 99.5 Å². The SMILES string of the molecule is CC1(C)c2cccc3c2-c2c1cc(N(c1cc(-c4ccccc4)cc(-c4ccccc4)c1)c1cccc4c1c1ccccc1n4-c1ccccc1)c1c4ccccc4n(c21)-c1ccccc1-3. The maximum atomic E-state index is 2.62. The van der Waals surface area contributed by atoms with Crippen molar-refractivity contribution >= 4 is 60.7 Å². The highest BCUT2D eigenvalue weighted by Crippen LogP contribution is 2.61. The highest BCUT2D eigenvalue weighted by Gasteiger charge is 2.42. The maximum Gasteiger partial charge on any atom is 0.0644 e. The predicted molar refractivity (Wildman–Crippen MR) is 277 cm³/mol. The Labute approximate surface area is 383 Å². The van der Waals surface area contributed by atoms with E-state index in [9.17, 15) is 0 Å². The fraction of sp³-hybridized carbons (Fsp3) is 0.0476. The Kier molecular flexibility index (Phi) is 7.74. The van der Waals surface area contributed by atoms with Crippen molar-refractivity contribution in [1.82, 2.24) is 9.13 Å². The average Bonchev–Trinajstić information content (AvgIpc) is 3.95. The lowest BCUT2D eigenvalue weighted by atomic mass is 9.81. The number of benzene rings is 10. The fourth-order valence-corrected chi connectivity index (χ4v) is 11.7. The molecule has 12 aromatic rings. The number of fused-ring (bicyclic) bond motifs is 9. The van der Waals surface area contributed by atoms with E-state index in [2.05, 4.69) is 252 Å². The van der Waals surface area contributed by atoms with Crippen LogP contribution in [0.4, 0.5) is 17.1 Å². The molecule has 3 nitrogen and oxygen atoms in total. The summed E-state index contributed by atoms with van der Waals surface area (Å²) in [6.45, 7) is 4.86. The largest absolute Gasteiger partial charge is 0.309 e. The van der Waals surface area contributed by atoms with Crippen molar-refractivity contribution < 1.29 is 0 Å². The van der Waals surface area contributed by atoms with Crippen LogP contribution in [0.1, 0.15) is 25.0 Å². The monoisotopic (exact) mass is 841 g/mol. The molecule has 0 radical (unpaired) electrons. The van der Waals surface area contributed by atoms with Crippen molar-refractivity contribution in [3.05, 3.63) is 236 Å². The lowest BCUT2D eigenvalue weighted by molar-refractivity contribution is 0.661. The fourth-order valence-electron chi connectivity index (χ4n) is 11.7. The number of rotatable bonds is 6. The van der Waals surface area contributed by atoms with Crippen molar-refractivity contribution in [2.75, 3.05) is 4.90 Å². The third kappa shape index (κ3) is 5.08. The van der Waals surface area contributed by atoms with Gasteiger partial charge >= 0.3 is 0 Å². The van der Waals surface area contributed by atoms with E-state index < -0.39 is 0 Å². The standard InChI is InChI=1S/C63H43N3/c1-63(2)50-30-18-29-47-46-26-12-15-31-52(46)66-54-33-17-14-28-49(54)60-57(39-51(63)61(58(47)50)62(60)66)65(45-37-42(40-20-6-3-7-21-40)36-43(38-45)41-22-8-4-9-23-41)56-35-19-34-55-59(56)48-27-13-16-32-53(48)64(55)44-24-10-5-11-25-44/h3-39H,1-2H3. The minimum Gasteiger partial charge on any atom is -0.309 e. The van der Waals surface area contributed by atoms with Gasteiger partial charge in [0.25, 0.3) is 0 Å². The molecule has 1 aliphatic heterocycles. The Balaban J connectivity index is 1.19. The molecule has 1 aliphatic carbocycles. The van der Waals surface area contributed by atoms with Crippen LogP contribution >= 0.6 is 0 Å². The Hall–Kier alpha value is -8.40. The summed E-state index contributed by atoms with van der Waals surface area (Å²) in [4.78, 5) is 2.62. The lowest BCUT2D eigenvalue weighted by Gasteiger charge is -2.31. The maximum absolute atomic E-state index is 2.62. The van der Waals surface area contributed by atoms with E-state index in [1.54, 1.807) is 0 Å². The molecular formula is C63H43N3. The molecule has 0 atom stereocenters. The topological polar surface area (TPSA) is 13.1 Å². The van der Waals surface area contributed by atoms with Crippen LogP contribution in [0, 0.1) is 0 Å². The molecule has 0 unspecified atom stereocenters. The Morgan fingerprint density at radius 1 is 0.379 bits per heavy atom. The zero-order valence-electron chi connectivity index (χ0n) is 36.7. The molecule has 310 valence electrons. The van der Waals surface area contributed by atoms with Crippen LogP contribution in [0.15, 0.2) is 224 Å². The highest BCUT2D eigenvalue weighted by molar-refractivity contribution is 6.25. The number of nitrogens with zero attached hydrogens (tertiary/aromatic N) is 3. The van der Waals surface area contributed by atoms with Gasteiger partial charge in [-0.1, -0.05) is 172 Å². The van der Waals surface area contributed by atoms with Crippen molar-refractivity contribution in [3.63, 3.8) is 0 Å². The second-order valence-corrected chi connectivity index (χ2v) is 18.5. The van der Waals surface area contributed by atoms with E-state index in [1.165, 1.54) is 99.4 Å². The molecular weight excluding hydrogens is 799 g/mol. The second-order valence-electron chi connectivity index (χ2n) is 18.5. The van der Waals surface area contributed by atoms with E-state index in [0.29, 0.717) is 0 Å². The first-order valence-corrected chi connectivity index (χ1v) is 23.0. The number of aromatic nitrogens is 2. The molecule has 2 aliphatic rings. The van der Waals surface area contributed by atoms with Crippen LogP contribution < -0.4 is 4.90 Å². The van der Waals surface area contributed by atoms with Gasteiger partial charge in [-0.15, -0.1) is 0 Å². The van der Waals surface area contributed by atoms with Gasteiger partial charge < -0.3 is 14.0 Å². The van der Waals surface area contributed by atoms with E-state index in [0.717, 1.165) is 28.3 Å². The van der Waals surface area contributed by atoms with Crippen molar-refractivity contribution in [1.29, 1.82) is 0 Å². The minimum absolute atomic E-state index is 0.278. The Bertz CT molecular complexity index is 3890. The minimum atomic E-state index is -0.278. The number of hydrogen-bond acceptors (Lipinski definition) is 1. The van der Waals surface area contributed by atoms with Crippen LogP contribution in [-0.4, -0.2) is 9.13 Å². The van der Waals surface area contributed by atoms with E-state index in [1.807, 2.05) is 0 Å². The van der Waals surface area contributed by atoms with E-state index >= 15 is 0 Å². The molecule has 0 bridgehead atoms. The van der Waals surface area contributed by atoms with Gasteiger partial charge in [0.05, 0.1) is 39.1 Å². The summed E-state index contributed by atoms with van der Waals surface area (Å²) < 4.78 is 5.02. The second kappa shape index (κ2) is 13.8. The molecule has 14 rings (SSSR count). The molecule has 0 N–H and O–H groups in total. The summed E-state index contributed by atoms with van der Waals surface area (Å²) in [5.74, 6) is 0. The van der Waals surface area contributed by atoms with Gasteiger partial charge in [0.15, 0.2) is 0 Å². The normalized spacial score (nSPS) is 13.1. The lowest BCUT2D eigenvalue weighted by Crippen LogP contribution is -2.17. The van der Waals surface area contributed by atoms with Crippen LogP contribution in [0.3, 0.4) is 0 Å². The molecule has 66 heavy (non-hydrogen) atoms. The molecule has 3 heteroatoms. The zero-order chi connectivity index (χ0) is 43.7. The summed E-state index contributed by atoms with van der Waals surface area (Å²) in [5, 5.41) is 4.90. The molecule has 2 aromatic heterocycles. The highest BCUT2D eigenvalue weighted by atomic mass is 15.2. The average molecular weight is 842 g/mol. The smallest absolute Gasteiger partial charge is 0.0644 e. The molecule has 0 saturated carbocycles. The molecule has 0 saturated heterocycles. The van der Waals surface area contributed by atoms with Gasteiger partial charge in [-0.2, -0.15) is 0 Å². The van der Waals surface area contributed by atoms with Gasteiger partial charge in [-0.3, -0.25) is 0 Å². The van der Waals surface area contributed by atoms with Crippen LogP contribution in [0.5, 0.6) is 0 Å². The first-order chi connectivity index (χ1) is 32.5. The first-order valence-electron chi connectivity index (χ1n) is 23.0. The summed E-state index contributed by atoms with van der Waals surface area (Å²) in [5.41, 5.74) is 22.9. The Morgan fingerprint density at radius 3 is 1.65 bits per heavy atom. The van der Waals surface area contributed by atoms with Gasteiger partial charge in [0.1, 0.15) is 0 Å². The number of anilines is 3. The van der Waals surface area contributed by atoms with Crippen molar-refractivity contribution in [2.24, 2.45) is 0 Å². The van der Waals surface area contributed by atoms with Gasteiger partial charge in [0.2, 0.25) is 0 Å². The Morgan fingerprint density at radius 2 is 0.939 bits per heavy atom. The van der Waals surface area contributed by atoms with Crippen molar-refractivity contribution in [2.45, 2.75) is 19.3 Å². The van der Waals surface area contributed by atoms with Gasteiger partial charge in [-0.05, 0) is 111 Å². The van der Waals surface area contributed by atoms with Crippen LogP contribution in [0.2, 0.25) is 0 Å². The number of hydrogen-bond donors (Lipinski definition) is 0. The third-order valence-corrected chi connectivity index (χ3v) is 14.6. The summed E-state index contributed by atoms with van der Waals surface area (Å²) in [6, 6.07) is 83.2. The quantitative estimate of drug-likeness (QED) is 0.163. The van der Waals surface area contributed by atoms with Crippen LogP contribution in [-0.2, 0) is 5.41 Å². The summed E-state index contributed by atoms with van der Waals surface area (Å²) >= 11 is 0. The molecule has 3 heterocycles. The molecule has 0 amide bonds. The van der Waals surface area contributed by atoms with Crippen molar-refractivity contribution in [3.8, 4) is 55.9 Å². The predicted octanol–water partition coefficient (Wildman–Crippen LogP) is 17.0. The summed E-state index contributed by atoms with van der Waals surface area (Å²) in [7, 11) is 0. The number of para-hydroxylation sites is 4. The molecule has 10 aromatic carbocycles. The first kappa shape index (κ1) is 37.0. The van der Waals surface area contributed by atoms with E-state index in [-0.39, 0.29) is 5.41 Å².